The van der Waals surface area contributed by atoms with Crippen LogP contribution in [0.4, 0.5) is 10.1 Å². The van der Waals surface area contributed by atoms with Gasteiger partial charge < -0.3 is 10.5 Å². The molecule has 3 nitrogen and oxygen atoms in total. The first-order chi connectivity index (χ1) is 18.3. The molecule has 2 aliphatic rings. The molecule has 5 rings (SSSR count). The zero-order chi connectivity index (χ0) is 26.7. The first kappa shape index (κ1) is 26.5. The van der Waals surface area contributed by atoms with Crippen molar-refractivity contribution in [1.82, 2.24) is 4.90 Å². The van der Waals surface area contributed by atoms with Crippen LogP contribution in [0.3, 0.4) is 0 Å². The highest BCUT2D eigenvalue weighted by Gasteiger charge is 2.24. The van der Waals surface area contributed by atoms with Crippen LogP contribution in [0.25, 0.3) is 11.1 Å². The summed E-state index contributed by atoms with van der Waals surface area (Å²) in [4.78, 5) is 2.30. The molecule has 0 saturated carbocycles. The van der Waals surface area contributed by atoms with Crippen molar-refractivity contribution < 1.29 is 9.13 Å². The van der Waals surface area contributed by atoms with Crippen LogP contribution in [-0.2, 0) is 11.8 Å². The normalized spacial score (nSPS) is 18.4. The summed E-state index contributed by atoms with van der Waals surface area (Å²) in [5, 5.41) is 0. The Morgan fingerprint density at radius 3 is 2.39 bits per heavy atom. The lowest BCUT2D eigenvalue weighted by molar-refractivity contribution is 0.198. The minimum atomic E-state index is -0.252. The third-order valence-electron chi connectivity index (χ3n) is 7.96. The van der Waals surface area contributed by atoms with Crippen molar-refractivity contribution >= 4 is 16.8 Å². The number of benzene rings is 3. The maximum absolute atomic E-state index is 12.6. The molecule has 0 radical (unpaired) electrons. The molecule has 3 aromatic rings. The van der Waals surface area contributed by atoms with Gasteiger partial charge in [0.25, 0.3) is 0 Å². The fraction of sp³-hybridized carbons (Fsp3) is 0.412. The number of allylic oxidation sites excluding steroid dienone is 1. The van der Waals surface area contributed by atoms with Gasteiger partial charge in [0.05, 0.1) is 6.67 Å². The van der Waals surface area contributed by atoms with Gasteiger partial charge in [-0.2, -0.15) is 0 Å². The van der Waals surface area contributed by atoms with Gasteiger partial charge in [-0.25, -0.2) is 0 Å². The van der Waals surface area contributed by atoms with E-state index in [1.54, 1.807) is 0 Å². The van der Waals surface area contributed by atoms with Crippen LogP contribution in [0.1, 0.15) is 74.3 Å². The van der Waals surface area contributed by atoms with E-state index in [2.05, 4.69) is 86.3 Å². The molecule has 1 atom stereocenters. The molecule has 3 aromatic carbocycles. The average Bonchev–Trinajstić information content (AvgIpc) is 3.26. The lowest BCUT2D eigenvalue weighted by Gasteiger charge is -2.21. The van der Waals surface area contributed by atoms with E-state index in [-0.39, 0.29) is 18.2 Å². The molecular formula is C34H41FN2O. The predicted octanol–water partition coefficient (Wildman–Crippen LogP) is 7.67. The summed E-state index contributed by atoms with van der Waals surface area (Å²) in [6.45, 7) is 9.19. The lowest BCUT2D eigenvalue weighted by atomic mass is 9.84. The van der Waals surface area contributed by atoms with Crippen molar-refractivity contribution in [3.8, 4) is 5.75 Å². The van der Waals surface area contributed by atoms with Gasteiger partial charge in [0.1, 0.15) is 11.9 Å². The van der Waals surface area contributed by atoms with Crippen molar-refractivity contribution in [1.29, 1.82) is 0 Å². The Labute approximate surface area is 227 Å². The predicted molar refractivity (Wildman–Crippen MR) is 157 cm³/mol. The number of likely N-dealkylation sites (tertiary alicyclic amines) is 1. The molecular weight excluding hydrogens is 471 g/mol. The highest BCUT2D eigenvalue weighted by Crippen LogP contribution is 2.41. The Morgan fingerprint density at radius 1 is 0.947 bits per heavy atom. The van der Waals surface area contributed by atoms with Crippen molar-refractivity contribution in [3.63, 3.8) is 0 Å². The molecule has 2 N–H and O–H groups in total. The largest absolute Gasteiger partial charge is 0.489 e. The lowest BCUT2D eigenvalue weighted by Crippen LogP contribution is -2.26. The number of hydrogen-bond acceptors (Lipinski definition) is 3. The SMILES string of the molecule is CC(C)(C)c1ccc(C2=C(c3ccc(O[C@H]4CCN(CCCF)C4)cc3)c3ccc(N)cc3CCC2)cc1. The van der Waals surface area contributed by atoms with Crippen LogP contribution in [0.15, 0.2) is 66.7 Å². The van der Waals surface area contributed by atoms with E-state index in [0.717, 1.165) is 56.8 Å². The second-order valence-electron chi connectivity index (χ2n) is 11.8. The highest BCUT2D eigenvalue weighted by atomic mass is 19.1. The molecule has 1 aliphatic carbocycles. The topological polar surface area (TPSA) is 38.5 Å². The summed E-state index contributed by atoms with van der Waals surface area (Å²) in [6.07, 6.45) is 4.90. The van der Waals surface area contributed by atoms with Gasteiger partial charge in [-0.3, -0.25) is 9.29 Å². The van der Waals surface area contributed by atoms with E-state index in [1.807, 2.05) is 6.07 Å². The average molecular weight is 513 g/mol. The van der Waals surface area contributed by atoms with Crippen LogP contribution in [-0.4, -0.2) is 37.3 Å². The Balaban J connectivity index is 1.47. The standard InChI is InChI=1S/C34H41FN2O/c1-34(2,3)27-12-8-24(9-13-27)31-7-4-6-26-22-28(36)14-17-32(26)33(31)25-10-15-29(16-11-25)38-30-18-21-37(23-30)20-5-19-35/h8-17,22,30H,4-7,18-21,23,36H2,1-3H3/t30-/m0/s1. The number of rotatable bonds is 7. The molecule has 0 aromatic heterocycles. The number of hydrogen-bond donors (Lipinski definition) is 1. The minimum Gasteiger partial charge on any atom is -0.489 e. The van der Waals surface area contributed by atoms with Gasteiger partial charge in [-0.05, 0) is 101 Å². The Kier molecular flexibility index (Phi) is 7.90. The number of aryl methyl sites for hydroxylation is 1. The Bertz CT molecular complexity index is 1270. The molecule has 38 heavy (non-hydrogen) atoms. The number of nitrogens with zero attached hydrogens (tertiary/aromatic N) is 1. The van der Waals surface area contributed by atoms with E-state index in [4.69, 9.17) is 10.5 Å². The second kappa shape index (κ2) is 11.3. The smallest absolute Gasteiger partial charge is 0.119 e. The summed E-state index contributed by atoms with van der Waals surface area (Å²) in [5.74, 6) is 0.897. The molecule has 200 valence electrons. The van der Waals surface area contributed by atoms with Crippen LogP contribution >= 0.6 is 0 Å². The molecule has 1 saturated heterocycles. The highest BCUT2D eigenvalue weighted by molar-refractivity contribution is 6.00. The maximum Gasteiger partial charge on any atom is 0.119 e. The number of nitrogen functional groups attached to an aromatic ring is 1. The second-order valence-corrected chi connectivity index (χ2v) is 11.8. The van der Waals surface area contributed by atoms with E-state index in [9.17, 15) is 4.39 Å². The van der Waals surface area contributed by atoms with Crippen LogP contribution in [0.2, 0.25) is 0 Å². The van der Waals surface area contributed by atoms with E-state index in [0.29, 0.717) is 6.42 Å². The zero-order valence-electron chi connectivity index (χ0n) is 23.1. The van der Waals surface area contributed by atoms with Crippen LogP contribution in [0, 0.1) is 0 Å². The van der Waals surface area contributed by atoms with Crippen LogP contribution in [0.5, 0.6) is 5.75 Å². The summed E-state index contributed by atoms with van der Waals surface area (Å²) >= 11 is 0. The molecule has 1 aliphatic heterocycles. The maximum atomic E-state index is 12.6. The number of halogens is 1. The summed E-state index contributed by atoms with van der Waals surface area (Å²) in [5.41, 5.74) is 16.3. The number of ether oxygens (including phenoxy) is 1. The molecule has 1 heterocycles. The zero-order valence-corrected chi connectivity index (χ0v) is 23.1. The molecule has 4 heteroatoms. The first-order valence-corrected chi connectivity index (χ1v) is 14.1. The number of alkyl halides is 1. The molecule has 1 fully saturated rings. The van der Waals surface area contributed by atoms with E-state index in [1.165, 1.54) is 39.0 Å². The molecule has 0 spiro atoms. The molecule has 0 bridgehead atoms. The van der Waals surface area contributed by atoms with Crippen LogP contribution < -0.4 is 10.5 Å². The van der Waals surface area contributed by atoms with Crippen molar-refractivity contribution in [2.75, 3.05) is 32.0 Å². The van der Waals surface area contributed by atoms with Gasteiger partial charge in [0.15, 0.2) is 0 Å². The summed E-state index contributed by atoms with van der Waals surface area (Å²) in [6, 6.07) is 24.1. The number of fused-ring (bicyclic) bond motifs is 1. The number of anilines is 1. The number of nitrogens with two attached hydrogens (primary N) is 1. The third-order valence-corrected chi connectivity index (χ3v) is 7.96. The van der Waals surface area contributed by atoms with Gasteiger partial charge in [-0.15, -0.1) is 0 Å². The van der Waals surface area contributed by atoms with Crippen molar-refractivity contribution in [2.24, 2.45) is 0 Å². The van der Waals surface area contributed by atoms with Gasteiger partial charge in [-0.1, -0.05) is 63.2 Å². The van der Waals surface area contributed by atoms with Gasteiger partial charge >= 0.3 is 0 Å². The first-order valence-electron chi connectivity index (χ1n) is 14.1. The quantitative estimate of drug-likeness (QED) is 0.330. The Hall–Kier alpha value is -3.11. The fourth-order valence-electron chi connectivity index (χ4n) is 5.87. The third kappa shape index (κ3) is 5.96. The fourth-order valence-corrected chi connectivity index (χ4v) is 5.87. The van der Waals surface area contributed by atoms with E-state index < -0.39 is 0 Å². The van der Waals surface area contributed by atoms with Gasteiger partial charge in [0.2, 0.25) is 0 Å². The summed E-state index contributed by atoms with van der Waals surface area (Å²) in [7, 11) is 0. The summed E-state index contributed by atoms with van der Waals surface area (Å²) < 4.78 is 18.9. The van der Waals surface area contributed by atoms with Crippen molar-refractivity contribution in [3.05, 3.63) is 94.5 Å². The molecule has 0 amide bonds. The molecule has 0 unspecified atom stereocenters. The van der Waals surface area contributed by atoms with Gasteiger partial charge in [0, 0.05) is 25.3 Å². The van der Waals surface area contributed by atoms with E-state index >= 15 is 0 Å². The minimum absolute atomic E-state index is 0.128. The monoisotopic (exact) mass is 512 g/mol. The Morgan fingerprint density at radius 2 is 1.68 bits per heavy atom. The van der Waals surface area contributed by atoms with Crippen molar-refractivity contribution in [2.45, 2.75) is 64.4 Å².